The van der Waals surface area contributed by atoms with Crippen molar-refractivity contribution < 1.29 is 0 Å². The summed E-state index contributed by atoms with van der Waals surface area (Å²) in [5, 5.41) is 0. The fourth-order valence-electron chi connectivity index (χ4n) is 3.32. The average molecular weight is 224 g/mol. The molecule has 0 aromatic heterocycles. The molecule has 0 bridgehead atoms. The van der Waals surface area contributed by atoms with Crippen LogP contribution in [0.1, 0.15) is 39.5 Å². The zero-order valence-corrected chi connectivity index (χ0v) is 11.5. The lowest BCUT2D eigenvalue weighted by molar-refractivity contribution is 0.216. The maximum Gasteiger partial charge on any atom is 0.0229 e. The van der Waals surface area contributed by atoms with Crippen LogP contribution in [0.2, 0.25) is 0 Å². The van der Waals surface area contributed by atoms with Gasteiger partial charge in [0.1, 0.15) is 0 Å². The maximum absolute atomic E-state index is 2.71. The van der Waals surface area contributed by atoms with E-state index in [4.69, 9.17) is 0 Å². The molecule has 0 radical (unpaired) electrons. The molecule has 94 valence electrons. The Kier molecular flexibility index (Phi) is 3.60. The summed E-state index contributed by atoms with van der Waals surface area (Å²) in [5.74, 6) is 0.870. The second-order valence-electron chi connectivity index (χ2n) is 6.74. The quantitative estimate of drug-likeness (QED) is 0.708. The first-order valence-corrected chi connectivity index (χ1v) is 6.89. The Hall–Kier alpha value is -0.0800. The highest BCUT2D eigenvalue weighted by Crippen LogP contribution is 2.51. The van der Waals surface area contributed by atoms with Crippen molar-refractivity contribution in [3.8, 4) is 0 Å². The van der Waals surface area contributed by atoms with Crippen molar-refractivity contribution in [1.82, 2.24) is 9.80 Å². The van der Waals surface area contributed by atoms with Crippen LogP contribution in [-0.4, -0.2) is 49.6 Å². The van der Waals surface area contributed by atoms with Crippen molar-refractivity contribution in [2.75, 3.05) is 33.7 Å². The van der Waals surface area contributed by atoms with Gasteiger partial charge in [0.25, 0.3) is 0 Å². The lowest BCUT2D eigenvalue weighted by Crippen LogP contribution is -2.34. The number of likely N-dealkylation sites (N-methyl/N-ethyl adjacent to an activating group) is 1. The molecular formula is C14H28N2. The Morgan fingerprint density at radius 1 is 1.31 bits per heavy atom. The van der Waals surface area contributed by atoms with Crippen LogP contribution in [0.4, 0.5) is 0 Å². The monoisotopic (exact) mass is 224 g/mol. The van der Waals surface area contributed by atoms with Gasteiger partial charge in [0, 0.05) is 19.1 Å². The molecule has 1 aliphatic carbocycles. The Bertz CT molecular complexity index is 231. The summed E-state index contributed by atoms with van der Waals surface area (Å²) in [6.07, 6.45) is 5.77. The zero-order valence-electron chi connectivity index (χ0n) is 11.5. The normalized spacial score (nSPS) is 29.2. The molecule has 0 amide bonds. The minimum Gasteiger partial charge on any atom is -0.305 e. The second-order valence-corrected chi connectivity index (χ2v) is 6.74. The number of hydrogen-bond acceptors (Lipinski definition) is 2. The van der Waals surface area contributed by atoms with Gasteiger partial charge in [-0.25, -0.2) is 0 Å². The lowest BCUT2D eigenvalue weighted by Gasteiger charge is -2.25. The van der Waals surface area contributed by atoms with Gasteiger partial charge in [0.05, 0.1) is 0 Å². The summed E-state index contributed by atoms with van der Waals surface area (Å²) in [6.45, 7) is 8.73. The third kappa shape index (κ3) is 2.98. The van der Waals surface area contributed by atoms with Crippen LogP contribution in [0.15, 0.2) is 0 Å². The summed E-state index contributed by atoms with van der Waals surface area (Å²) >= 11 is 0. The Balaban J connectivity index is 1.79. The second kappa shape index (κ2) is 4.66. The molecule has 2 rings (SSSR count). The average Bonchev–Trinajstić information content (AvgIpc) is 2.75. The predicted molar refractivity (Wildman–Crippen MR) is 69.7 cm³/mol. The van der Waals surface area contributed by atoms with Gasteiger partial charge in [-0.2, -0.15) is 0 Å². The molecular weight excluding hydrogens is 196 g/mol. The summed E-state index contributed by atoms with van der Waals surface area (Å²) in [4.78, 5) is 5.10. The first kappa shape index (κ1) is 12.4. The van der Waals surface area contributed by atoms with Gasteiger partial charge >= 0.3 is 0 Å². The Morgan fingerprint density at radius 2 is 2.00 bits per heavy atom. The van der Waals surface area contributed by atoms with Crippen molar-refractivity contribution in [3.63, 3.8) is 0 Å². The molecule has 0 unspecified atom stereocenters. The van der Waals surface area contributed by atoms with Crippen molar-refractivity contribution in [2.45, 2.75) is 45.6 Å². The fourth-order valence-corrected chi connectivity index (χ4v) is 3.32. The van der Waals surface area contributed by atoms with Gasteiger partial charge in [0.15, 0.2) is 0 Å². The van der Waals surface area contributed by atoms with Crippen molar-refractivity contribution in [2.24, 2.45) is 11.3 Å². The number of rotatable bonds is 5. The summed E-state index contributed by atoms with van der Waals surface area (Å²) < 4.78 is 0. The van der Waals surface area contributed by atoms with E-state index in [0.29, 0.717) is 0 Å². The van der Waals surface area contributed by atoms with Crippen LogP contribution in [0.3, 0.4) is 0 Å². The van der Waals surface area contributed by atoms with Gasteiger partial charge in [-0.05, 0) is 57.7 Å². The standard InChI is InChI=1S/C14H28N2/c1-12(2)9-14(6-7-14)11-16-8-5-13(10-16)15(3)4/h12-13H,5-11H2,1-4H3/t13-/m1/s1. The molecule has 2 nitrogen and oxygen atoms in total. The molecule has 1 saturated carbocycles. The van der Waals surface area contributed by atoms with Gasteiger partial charge < -0.3 is 9.80 Å². The van der Waals surface area contributed by atoms with E-state index in [1.807, 2.05) is 0 Å². The van der Waals surface area contributed by atoms with E-state index in [1.54, 1.807) is 0 Å². The highest BCUT2D eigenvalue weighted by Gasteiger charge is 2.44. The van der Waals surface area contributed by atoms with Crippen molar-refractivity contribution >= 4 is 0 Å². The van der Waals surface area contributed by atoms with Crippen molar-refractivity contribution in [1.29, 1.82) is 0 Å². The van der Waals surface area contributed by atoms with Gasteiger partial charge in [-0.15, -0.1) is 0 Å². The van der Waals surface area contributed by atoms with Gasteiger partial charge in [0.2, 0.25) is 0 Å². The minimum absolute atomic E-state index is 0.718. The maximum atomic E-state index is 2.71. The summed E-state index contributed by atoms with van der Waals surface area (Å²) in [6, 6.07) is 0.801. The Morgan fingerprint density at radius 3 is 2.44 bits per heavy atom. The Labute approximate surface area is 101 Å². The molecule has 0 spiro atoms. The highest BCUT2D eigenvalue weighted by molar-refractivity contribution is 4.97. The number of likely N-dealkylation sites (tertiary alicyclic amines) is 1. The first-order chi connectivity index (χ1) is 7.51. The molecule has 0 aromatic carbocycles. The third-order valence-corrected chi connectivity index (χ3v) is 4.34. The number of nitrogens with zero attached hydrogens (tertiary/aromatic N) is 2. The molecule has 1 atom stereocenters. The van der Waals surface area contributed by atoms with E-state index < -0.39 is 0 Å². The van der Waals surface area contributed by atoms with Crippen LogP contribution in [0.25, 0.3) is 0 Å². The molecule has 2 heteroatoms. The SMILES string of the molecule is CC(C)CC1(CN2CC[C@@H](N(C)C)C2)CC1. The fraction of sp³-hybridized carbons (Fsp3) is 1.00. The van der Waals surface area contributed by atoms with Crippen LogP contribution >= 0.6 is 0 Å². The van der Waals surface area contributed by atoms with Gasteiger partial charge in [-0.1, -0.05) is 13.8 Å². The van der Waals surface area contributed by atoms with E-state index in [1.165, 1.54) is 45.3 Å². The van der Waals surface area contributed by atoms with Gasteiger partial charge in [-0.3, -0.25) is 0 Å². The van der Waals surface area contributed by atoms with E-state index >= 15 is 0 Å². The highest BCUT2D eigenvalue weighted by atomic mass is 15.2. The zero-order chi connectivity index (χ0) is 11.8. The molecule has 16 heavy (non-hydrogen) atoms. The lowest BCUT2D eigenvalue weighted by atomic mass is 9.94. The molecule has 1 aliphatic heterocycles. The van der Waals surface area contributed by atoms with Crippen LogP contribution in [0, 0.1) is 11.3 Å². The topological polar surface area (TPSA) is 6.48 Å². The van der Waals surface area contributed by atoms with E-state index in [9.17, 15) is 0 Å². The van der Waals surface area contributed by atoms with Crippen LogP contribution < -0.4 is 0 Å². The molecule has 2 aliphatic rings. The van der Waals surface area contributed by atoms with E-state index in [2.05, 4.69) is 37.7 Å². The minimum atomic E-state index is 0.718. The summed E-state index contributed by atoms with van der Waals surface area (Å²) in [7, 11) is 4.43. The smallest absolute Gasteiger partial charge is 0.0229 e. The largest absolute Gasteiger partial charge is 0.305 e. The first-order valence-electron chi connectivity index (χ1n) is 6.89. The molecule has 1 saturated heterocycles. The third-order valence-electron chi connectivity index (χ3n) is 4.34. The van der Waals surface area contributed by atoms with E-state index in [0.717, 1.165) is 17.4 Å². The van der Waals surface area contributed by atoms with E-state index in [-0.39, 0.29) is 0 Å². The predicted octanol–water partition coefficient (Wildman–Crippen LogP) is 2.45. The van der Waals surface area contributed by atoms with Crippen LogP contribution in [0.5, 0.6) is 0 Å². The molecule has 2 fully saturated rings. The molecule has 0 aromatic rings. The molecule has 1 heterocycles. The number of hydrogen-bond donors (Lipinski definition) is 0. The summed E-state index contributed by atoms with van der Waals surface area (Å²) in [5.41, 5.74) is 0.718. The molecule has 0 N–H and O–H groups in total. The van der Waals surface area contributed by atoms with Crippen molar-refractivity contribution in [3.05, 3.63) is 0 Å². The van der Waals surface area contributed by atoms with Crippen LogP contribution in [-0.2, 0) is 0 Å².